The van der Waals surface area contributed by atoms with Crippen molar-refractivity contribution in [1.29, 1.82) is 0 Å². The lowest BCUT2D eigenvalue weighted by molar-refractivity contribution is -0.134. The molecule has 1 aromatic carbocycles. The van der Waals surface area contributed by atoms with Crippen LogP contribution in [0.25, 0.3) is 5.69 Å². The van der Waals surface area contributed by atoms with Crippen LogP contribution in [0.3, 0.4) is 0 Å². The molecule has 0 amide bonds. The van der Waals surface area contributed by atoms with Crippen LogP contribution in [-0.2, 0) is 12.8 Å². The zero-order chi connectivity index (χ0) is 22.2. The first-order valence-corrected chi connectivity index (χ1v) is 10.5. The Morgan fingerprint density at radius 3 is 2.68 bits per heavy atom. The van der Waals surface area contributed by atoms with E-state index in [-0.39, 0.29) is 17.9 Å². The molecule has 1 saturated carbocycles. The van der Waals surface area contributed by atoms with Gasteiger partial charge in [-0.3, -0.25) is 14.4 Å². The van der Waals surface area contributed by atoms with Crippen LogP contribution >= 0.6 is 11.3 Å². The number of nitrogens with zero attached hydrogens (tertiary/aromatic N) is 2. The fourth-order valence-corrected chi connectivity index (χ4v) is 3.85. The van der Waals surface area contributed by atoms with Crippen molar-refractivity contribution in [3.63, 3.8) is 0 Å². The van der Waals surface area contributed by atoms with Crippen molar-refractivity contribution in [2.45, 2.75) is 38.6 Å². The Bertz CT molecular complexity index is 1190. The number of pyridine rings is 1. The van der Waals surface area contributed by atoms with Crippen LogP contribution in [-0.4, -0.2) is 16.3 Å². The van der Waals surface area contributed by atoms with E-state index in [0.29, 0.717) is 34.3 Å². The summed E-state index contributed by atoms with van der Waals surface area (Å²) in [5.41, 5.74) is 9.01. The molecule has 0 unspecified atom stereocenters. The molecule has 1 fully saturated rings. The SMILES string of the molecule is CC(=NC1CC1)c1cc(-n2ccc(OCc3csc(C(F)(F)F)c3)cc2=O)ccc1N. The van der Waals surface area contributed by atoms with Crippen molar-refractivity contribution in [2.24, 2.45) is 4.99 Å². The third-order valence-electron chi connectivity index (χ3n) is 4.86. The lowest BCUT2D eigenvalue weighted by Gasteiger charge is -2.12. The summed E-state index contributed by atoms with van der Waals surface area (Å²) in [6, 6.07) is 9.61. The van der Waals surface area contributed by atoms with Gasteiger partial charge >= 0.3 is 6.18 Å². The number of halogens is 3. The monoisotopic (exact) mass is 447 g/mol. The molecule has 0 atom stereocenters. The summed E-state index contributed by atoms with van der Waals surface area (Å²) >= 11 is 0.616. The maximum Gasteiger partial charge on any atom is 0.425 e. The maximum atomic E-state index is 12.7. The highest BCUT2D eigenvalue weighted by Crippen LogP contribution is 2.34. The molecule has 162 valence electrons. The molecule has 0 aliphatic heterocycles. The van der Waals surface area contributed by atoms with Crippen LogP contribution in [0.15, 0.2) is 57.8 Å². The summed E-state index contributed by atoms with van der Waals surface area (Å²) in [5.74, 6) is 0.281. The van der Waals surface area contributed by atoms with Crippen molar-refractivity contribution in [3.05, 3.63) is 74.3 Å². The third kappa shape index (κ3) is 4.99. The number of thiophene rings is 1. The molecule has 1 aliphatic carbocycles. The second-order valence-electron chi connectivity index (χ2n) is 7.39. The Hall–Kier alpha value is -3.07. The quantitative estimate of drug-likeness (QED) is 0.425. The molecule has 1 aliphatic rings. The molecule has 0 radical (unpaired) electrons. The number of nitrogen functional groups attached to an aromatic ring is 1. The smallest absolute Gasteiger partial charge is 0.425 e. The minimum Gasteiger partial charge on any atom is -0.489 e. The standard InChI is InChI=1S/C22H20F3N3O2S/c1-13(27-15-2-3-15)18-9-16(4-5-19(18)26)28-7-6-17(10-21(28)29)30-11-14-8-20(31-12-14)22(23,24)25/h4-10,12,15H,2-3,11,26H2,1H3. The molecule has 2 heterocycles. The molecule has 0 saturated heterocycles. The fraction of sp³-hybridized carbons (Fsp3) is 0.273. The predicted molar refractivity (Wildman–Crippen MR) is 115 cm³/mol. The molecule has 3 aromatic rings. The van der Waals surface area contributed by atoms with E-state index in [0.717, 1.165) is 30.2 Å². The van der Waals surface area contributed by atoms with Gasteiger partial charge in [-0.05, 0) is 55.5 Å². The summed E-state index contributed by atoms with van der Waals surface area (Å²) in [5, 5.41) is 1.39. The Morgan fingerprint density at radius 1 is 1.26 bits per heavy atom. The second-order valence-corrected chi connectivity index (χ2v) is 8.30. The van der Waals surface area contributed by atoms with Gasteiger partial charge in [0.1, 0.15) is 17.2 Å². The van der Waals surface area contributed by atoms with Crippen LogP contribution in [0.1, 0.15) is 35.8 Å². The fourth-order valence-electron chi connectivity index (χ4n) is 3.08. The number of anilines is 1. The summed E-state index contributed by atoms with van der Waals surface area (Å²) in [7, 11) is 0. The van der Waals surface area contributed by atoms with E-state index < -0.39 is 11.1 Å². The molecule has 5 nitrogen and oxygen atoms in total. The van der Waals surface area contributed by atoms with Crippen molar-refractivity contribution in [1.82, 2.24) is 4.57 Å². The summed E-state index contributed by atoms with van der Waals surface area (Å²) < 4.78 is 45.1. The number of alkyl halides is 3. The molecular weight excluding hydrogens is 427 g/mol. The van der Waals surface area contributed by atoms with Crippen LogP contribution in [0, 0.1) is 0 Å². The van der Waals surface area contributed by atoms with Crippen LogP contribution in [0.5, 0.6) is 5.75 Å². The van der Waals surface area contributed by atoms with E-state index >= 15 is 0 Å². The average Bonchev–Trinajstić information content (AvgIpc) is 3.38. The Kier molecular flexibility index (Phi) is 5.62. The minimum atomic E-state index is -4.37. The Labute approximate surface area is 180 Å². The van der Waals surface area contributed by atoms with Gasteiger partial charge in [0.15, 0.2) is 0 Å². The highest BCUT2D eigenvalue weighted by atomic mass is 32.1. The Balaban J connectivity index is 1.51. The topological polar surface area (TPSA) is 69.6 Å². The third-order valence-corrected chi connectivity index (χ3v) is 5.88. The number of hydrogen-bond donors (Lipinski definition) is 1. The minimum absolute atomic E-state index is 0.0567. The summed E-state index contributed by atoms with van der Waals surface area (Å²) in [4.78, 5) is 16.6. The number of ether oxygens (including phenoxy) is 1. The van der Waals surface area contributed by atoms with Gasteiger partial charge in [0.05, 0.1) is 6.04 Å². The summed E-state index contributed by atoms with van der Waals surface area (Å²) in [6.07, 6.45) is -0.639. The second kappa shape index (κ2) is 8.22. The molecule has 0 bridgehead atoms. The zero-order valence-corrected chi connectivity index (χ0v) is 17.5. The van der Waals surface area contributed by atoms with E-state index in [2.05, 4.69) is 4.99 Å². The van der Waals surface area contributed by atoms with E-state index in [1.54, 1.807) is 24.4 Å². The molecule has 4 rings (SSSR count). The summed E-state index contributed by atoms with van der Waals surface area (Å²) in [6.45, 7) is 1.85. The molecule has 2 N–H and O–H groups in total. The first-order chi connectivity index (χ1) is 14.7. The molecule has 2 aromatic heterocycles. The van der Waals surface area contributed by atoms with Crippen LogP contribution in [0.4, 0.5) is 18.9 Å². The van der Waals surface area contributed by atoms with Crippen molar-refractivity contribution in [3.8, 4) is 11.4 Å². The van der Waals surface area contributed by atoms with Gasteiger partial charge in [-0.1, -0.05) is 0 Å². The van der Waals surface area contributed by atoms with Crippen molar-refractivity contribution < 1.29 is 17.9 Å². The van der Waals surface area contributed by atoms with E-state index in [9.17, 15) is 18.0 Å². The van der Waals surface area contributed by atoms with E-state index in [1.807, 2.05) is 13.0 Å². The van der Waals surface area contributed by atoms with Gasteiger partial charge in [0.2, 0.25) is 0 Å². The first-order valence-electron chi connectivity index (χ1n) is 9.65. The molecule has 31 heavy (non-hydrogen) atoms. The predicted octanol–water partition coefficient (Wildman–Crippen LogP) is 5.05. The van der Waals surface area contributed by atoms with Gasteiger partial charge < -0.3 is 10.5 Å². The average molecular weight is 447 g/mol. The van der Waals surface area contributed by atoms with Crippen molar-refractivity contribution >= 4 is 22.7 Å². The van der Waals surface area contributed by atoms with Gasteiger partial charge in [-0.15, -0.1) is 11.3 Å². The first kappa shape index (κ1) is 21.2. The van der Waals surface area contributed by atoms with Crippen LogP contribution < -0.4 is 16.0 Å². The zero-order valence-electron chi connectivity index (χ0n) is 16.6. The highest BCUT2D eigenvalue weighted by Gasteiger charge is 2.32. The maximum absolute atomic E-state index is 12.7. The molecule has 9 heteroatoms. The van der Waals surface area contributed by atoms with Gasteiger partial charge in [0, 0.05) is 40.5 Å². The number of nitrogens with two attached hydrogens (primary N) is 1. The van der Waals surface area contributed by atoms with Gasteiger partial charge in [0.25, 0.3) is 5.56 Å². The van der Waals surface area contributed by atoms with Gasteiger partial charge in [-0.25, -0.2) is 0 Å². The highest BCUT2D eigenvalue weighted by molar-refractivity contribution is 7.10. The van der Waals surface area contributed by atoms with Crippen molar-refractivity contribution in [2.75, 3.05) is 5.73 Å². The Morgan fingerprint density at radius 2 is 2.03 bits per heavy atom. The number of rotatable bonds is 6. The number of aromatic nitrogens is 1. The normalized spacial score (nSPS) is 14.6. The largest absolute Gasteiger partial charge is 0.489 e. The van der Waals surface area contributed by atoms with Gasteiger partial charge in [-0.2, -0.15) is 13.2 Å². The van der Waals surface area contributed by atoms with E-state index in [4.69, 9.17) is 10.5 Å². The number of benzene rings is 1. The molecule has 0 spiro atoms. The number of hydrogen-bond acceptors (Lipinski definition) is 5. The lowest BCUT2D eigenvalue weighted by atomic mass is 10.1. The van der Waals surface area contributed by atoms with E-state index in [1.165, 1.54) is 16.0 Å². The number of aliphatic imine (C=N–C) groups is 1. The van der Waals surface area contributed by atoms with Crippen LogP contribution in [0.2, 0.25) is 0 Å². The molecular formula is C22H20F3N3O2S. The lowest BCUT2D eigenvalue weighted by Crippen LogP contribution is -2.17.